The molecule has 2 aromatic carbocycles. The Morgan fingerprint density at radius 3 is 2.28 bits per heavy atom. The number of rotatable bonds is 5. The molecule has 0 bridgehead atoms. The van der Waals surface area contributed by atoms with E-state index in [0.29, 0.717) is 28.3 Å². The summed E-state index contributed by atoms with van der Waals surface area (Å²) < 4.78 is 1.42. The van der Waals surface area contributed by atoms with Crippen LogP contribution < -0.4 is 0 Å². The number of benzene rings is 2. The van der Waals surface area contributed by atoms with Crippen LogP contribution in [0.15, 0.2) is 40.6 Å². The maximum Gasteiger partial charge on any atom is 0.295 e. The SMILES string of the molecule is CC(C)CCn1c(O)c2ccc(C(=O)N=Nc3c(Cl)cc(Cl)cc3Cl)cc2c1O. The lowest BCUT2D eigenvalue weighted by Crippen LogP contribution is -2.00. The van der Waals surface area contributed by atoms with Crippen molar-refractivity contribution in [2.24, 2.45) is 16.1 Å². The molecule has 29 heavy (non-hydrogen) atoms. The molecule has 0 fully saturated rings. The van der Waals surface area contributed by atoms with Crippen molar-refractivity contribution in [3.05, 3.63) is 51.0 Å². The van der Waals surface area contributed by atoms with Crippen LogP contribution in [0.1, 0.15) is 30.6 Å². The maximum atomic E-state index is 12.4. The summed E-state index contributed by atoms with van der Waals surface area (Å²) in [5, 5.41) is 29.8. The van der Waals surface area contributed by atoms with E-state index in [-0.39, 0.29) is 33.1 Å². The van der Waals surface area contributed by atoms with Crippen LogP contribution in [0.25, 0.3) is 10.8 Å². The number of nitrogens with zero attached hydrogens (tertiary/aromatic N) is 3. The average molecular weight is 455 g/mol. The first kappa shape index (κ1) is 21.4. The molecule has 0 saturated carbocycles. The van der Waals surface area contributed by atoms with Gasteiger partial charge in [0.15, 0.2) is 0 Å². The summed E-state index contributed by atoms with van der Waals surface area (Å²) in [6.45, 7) is 4.57. The summed E-state index contributed by atoms with van der Waals surface area (Å²) in [6, 6.07) is 7.41. The Morgan fingerprint density at radius 1 is 1.03 bits per heavy atom. The van der Waals surface area contributed by atoms with Gasteiger partial charge in [0.05, 0.1) is 10.0 Å². The highest BCUT2D eigenvalue weighted by Crippen LogP contribution is 2.38. The van der Waals surface area contributed by atoms with E-state index in [1.54, 1.807) is 6.07 Å². The number of hydrogen-bond acceptors (Lipinski definition) is 4. The number of hydrogen-bond donors (Lipinski definition) is 2. The molecule has 3 rings (SSSR count). The molecule has 1 aromatic heterocycles. The second kappa shape index (κ2) is 8.61. The van der Waals surface area contributed by atoms with E-state index in [9.17, 15) is 15.0 Å². The average Bonchev–Trinajstić information content (AvgIpc) is 2.89. The Morgan fingerprint density at radius 2 is 1.66 bits per heavy atom. The minimum Gasteiger partial charge on any atom is -0.494 e. The van der Waals surface area contributed by atoms with Gasteiger partial charge in [-0.25, -0.2) is 0 Å². The number of halogens is 3. The first-order chi connectivity index (χ1) is 13.7. The number of aromatic hydroxyl groups is 2. The van der Waals surface area contributed by atoms with Gasteiger partial charge in [0.25, 0.3) is 5.91 Å². The molecule has 1 heterocycles. The van der Waals surface area contributed by atoms with Gasteiger partial charge in [0.2, 0.25) is 11.8 Å². The summed E-state index contributed by atoms with van der Waals surface area (Å²) in [4.78, 5) is 12.4. The number of aromatic nitrogens is 1. The second-order valence-corrected chi connectivity index (χ2v) is 8.22. The minimum atomic E-state index is -0.650. The molecule has 9 heteroatoms. The van der Waals surface area contributed by atoms with Crippen LogP contribution in [0.2, 0.25) is 15.1 Å². The largest absolute Gasteiger partial charge is 0.494 e. The molecule has 0 unspecified atom stereocenters. The Balaban J connectivity index is 1.92. The topological polar surface area (TPSA) is 87.2 Å². The molecule has 152 valence electrons. The third kappa shape index (κ3) is 4.50. The predicted octanol–water partition coefficient (Wildman–Crippen LogP) is 6.98. The van der Waals surface area contributed by atoms with Crippen molar-refractivity contribution in [2.45, 2.75) is 26.8 Å². The van der Waals surface area contributed by atoms with E-state index in [4.69, 9.17) is 34.8 Å². The van der Waals surface area contributed by atoms with E-state index in [2.05, 4.69) is 24.1 Å². The Kier molecular flexibility index (Phi) is 6.36. The zero-order valence-corrected chi connectivity index (χ0v) is 17.9. The van der Waals surface area contributed by atoms with Gasteiger partial charge in [-0.05, 0) is 42.7 Å². The fourth-order valence-electron chi connectivity index (χ4n) is 2.83. The van der Waals surface area contributed by atoms with Crippen LogP contribution in [0, 0.1) is 5.92 Å². The first-order valence-electron chi connectivity index (χ1n) is 8.83. The molecule has 0 spiro atoms. The molecule has 0 radical (unpaired) electrons. The van der Waals surface area contributed by atoms with Gasteiger partial charge < -0.3 is 10.2 Å². The lowest BCUT2D eigenvalue weighted by molar-refractivity contribution is 0.0995. The fraction of sp³-hybridized carbons (Fsp3) is 0.250. The van der Waals surface area contributed by atoms with Gasteiger partial charge in [-0.3, -0.25) is 9.36 Å². The fourth-order valence-corrected chi connectivity index (χ4v) is 3.72. The van der Waals surface area contributed by atoms with Crippen molar-refractivity contribution >= 4 is 57.2 Å². The highest BCUT2D eigenvalue weighted by Gasteiger charge is 2.18. The van der Waals surface area contributed by atoms with Crippen LogP contribution in [-0.2, 0) is 6.54 Å². The maximum absolute atomic E-state index is 12.4. The number of carbonyl (C=O) groups excluding carboxylic acids is 1. The zero-order chi connectivity index (χ0) is 21.3. The smallest absolute Gasteiger partial charge is 0.295 e. The van der Waals surface area contributed by atoms with Crippen LogP contribution in [-0.4, -0.2) is 20.7 Å². The van der Waals surface area contributed by atoms with Crippen LogP contribution in [0.4, 0.5) is 5.69 Å². The summed E-state index contributed by atoms with van der Waals surface area (Å²) in [5.74, 6) is -0.391. The lowest BCUT2D eigenvalue weighted by Gasteiger charge is -2.08. The number of amides is 1. The van der Waals surface area contributed by atoms with E-state index in [1.165, 1.54) is 28.8 Å². The summed E-state index contributed by atoms with van der Waals surface area (Å²) >= 11 is 17.9. The van der Waals surface area contributed by atoms with Crippen molar-refractivity contribution in [1.82, 2.24) is 4.57 Å². The van der Waals surface area contributed by atoms with Crippen molar-refractivity contribution in [3.63, 3.8) is 0 Å². The van der Waals surface area contributed by atoms with E-state index in [1.807, 2.05) is 0 Å². The van der Waals surface area contributed by atoms with Crippen molar-refractivity contribution < 1.29 is 15.0 Å². The van der Waals surface area contributed by atoms with Crippen molar-refractivity contribution in [1.29, 1.82) is 0 Å². The third-order valence-corrected chi connectivity index (χ3v) is 5.21. The molecular formula is C20H18Cl3N3O3. The normalized spacial score (nSPS) is 11.8. The summed E-state index contributed by atoms with van der Waals surface area (Å²) in [5.41, 5.74) is 0.325. The molecule has 0 aliphatic carbocycles. The highest BCUT2D eigenvalue weighted by atomic mass is 35.5. The van der Waals surface area contributed by atoms with E-state index >= 15 is 0 Å². The third-order valence-electron chi connectivity index (χ3n) is 4.41. The van der Waals surface area contributed by atoms with Crippen molar-refractivity contribution in [2.75, 3.05) is 0 Å². The van der Waals surface area contributed by atoms with Gasteiger partial charge in [-0.15, -0.1) is 10.2 Å². The van der Waals surface area contributed by atoms with Gasteiger partial charge >= 0.3 is 0 Å². The molecule has 1 amide bonds. The lowest BCUT2D eigenvalue weighted by atomic mass is 10.1. The van der Waals surface area contributed by atoms with Gasteiger partial charge in [-0.2, -0.15) is 0 Å². The minimum absolute atomic E-state index is 0.0431. The molecule has 3 aromatic rings. The Bertz CT molecular complexity index is 1100. The van der Waals surface area contributed by atoms with Crippen LogP contribution in [0.5, 0.6) is 11.8 Å². The zero-order valence-electron chi connectivity index (χ0n) is 15.7. The molecule has 6 nitrogen and oxygen atoms in total. The quantitative estimate of drug-likeness (QED) is 0.407. The van der Waals surface area contributed by atoms with E-state index < -0.39 is 5.91 Å². The van der Waals surface area contributed by atoms with E-state index in [0.717, 1.165) is 6.42 Å². The molecule has 0 aliphatic rings. The standard InChI is InChI=1S/C20H18Cl3N3O3/c1-10(2)5-6-26-19(28)13-4-3-11(7-14(13)20(26)29)18(27)25-24-17-15(22)8-12(21)9-16(17)23/h3-4,7-10,28-29H,5-6H2,1-2H3. The molecule has 0 saturated heterocycles. The Labute approximate surface area is 182 Å². The van der Waals surface area contributed by atoms with Crippen LogP contribution in [0.3, 0.4) is 0 Å². The molecule has 0 aliphatic heterocycles. The number of carbonyl (C=O) groups is 1. The molecule has 2 N–H and O–H groups in total. The van der Waals surface area contributed by atoms with Crippen LogP contribution >= 0.6 is 34.8 Å². The molecule has 0 atom stereocenters. The molecular weight excluding hydrogens is 437 g/mol. The first-order valence-corrected chi connectivity index (χ1v) is 9.97. The second-order valence-electron chi connectivity index (χ2n) is 6.96. The highest BCUT2D eigenvalue weighted by molar-refractivity contribution is 6.41. The van der Waals surface area contributed by atoms with Gasteiger partial charge in [-0.1, -0.05) is 48.7 Å². The van der Waals surface area contributed by atoms with Gasteiger partial charge in [0.1, 0.15) is 5.69 Å². The Hall–Kier alpha value is -2.28. The number of azo groups is 1. The number of fused-ring (bicyclic) bond motifs is 1. The summed E-state index contributed by atoms with van der Waals surface area (Å²) in [7, 11) is 0. The predicted molar refractivity (Wildman–Crippen MR) is 115 cm³/mol. The van der Waals surface area contributed by atoms with Crippen molar-refractivity contribution in [3.8, 4) is 11.8 Å². The monoisotopic (exact) mass is 453 g/mol. The van der Waals surface area contributed by atoms with Gasteiger partial charge in [0, 0.05) is 27.9 Å². The summed E-state index contributed by atoms with van der Waals surface area (Å²) in [6.07, 6.45) is 0.782.